The first-order valence-corrected chi connectivity index (χ1v) is 7.47. The quantitative estimate of drug-likeness (QED) is 0.518. The Morgan fingerprint density at radius 3 is 1.27 bits per heavy atom. The van der Waals surface area contributed by atoms with Crippen LogP contribution in [-0.4, -0.2) is 9.49 Å². The Labute approximate surface area is 102 Å². The summed E-state index contributed by atoms with van der Waals surface area (Å²) in [6.07, 6.45) is 7.92. The summed E-state index contributed by atoms with van der Waals surface area (Å²) >= 11 is 2.24. The summed E-state index contributed by atoms with van der Waals surface area (Å²) in [6.45, 7) is 14.2. The highest BCUT2D eigenvalue weighted by Gasteiger charge is 2.32. The Morgan fingerprint density at radius 1 is 0.733 bits per heavy atom. The SMILES string of the molecule is CCCC(C)(CC)SC(C)(CC)CCC. The third kappa shape index (κ3) is 5.29. The van der Waals surface area contributed by atoms with Crippen LogP contribution in [0.1, 0.15) is 80.1 Å². The van der Waals surface area contributed by atoms with E-state index in [-0.39, 0.29) is 0 Å². The summed E-state index contributed by atoms with van der Waals surface area (Å²) in [6, 6.07) is 0. The van der Waals surface area contributed by atoms with E-state index < -0.39 is 0 Å². The summed E-state index contributed by atoms with van der Waals surface area (Å²) in [5.74, 6) is 0. The molecule has 0 radical (unpaired) electrons. The van der Waals surface area contributed by atoms with Crippen molar-refractivity contribution in [2.75, 3.05) is 0 Å². The van der Waals surface area contributed by atoms with Gasteiger partial charge in [-0.15, -0.1) is 11.8 Å². The minimum atomic E-state index is 0.495. The minimum absolute atomic E-state index is 0.495. The molecular weight excluding hydrogens is 200 g/mol. The first kappa shape index (κ1) is 15.3. The number of rotatable bonds is 8. The van der Waals surface area contributed by atoms with Gasteiger partial charge in [0.1, 0.15) is 0 Å². The fourth-order valence-electron chi connectivity index (χ4n) is 2.25. The lowest BCUT2D eigenvalue weighted by molar-refractivity contribution is 0.515. The first-order chi connectivity index (χ1) is 6.95. The Bertz CT molecular complexity index is 149. The van der Waals surface area contributed by atoms with Gasteiger partial charge in [-0.1, -0.05) is 54.4 Å². The van der Waals surface area contributed by atoms with E-state index in [1.807, 2.05) is 0 Å². The first-order valence-electron chi connectivity index (χ1n) is 6.65. The van der Waals surface area contributed by atoms with Gasteiger partial charge in [-0.2, -0.15) is 0 Å². The van der Waals surface area contributed by atoms with Crippen LogP contribution in [0.2, 0.25) is 0 Å². The van der Waals surface area contributed by atoms with Gasteiger partial charge in [0.15, 0.2) is 0 Å². The highest BCUT2D eigenvalue weighted by Crippen LogP contribution is 2.45. The van der Waals surface area contributed by atoms with Crippen LogP contribution in [-0.2, 0) is 0 Å². The molecule has 0 amide bonds. The lowest BCUT2D eigenvalue weighted by Gasteiger charge is -2.38. The van der Waals surface area contributed by atoms with Gasteiger partial charge in [0.05, 0.1) is 0 Å². The van der Waals surface area contributed by atoms with Gasteiger partial charge in [0.2, 0.25) is 0 Å². The molecule has 0 heterocycles. The van der Waals surface area contributed by atoms with Gasteiger partial charge < -0.3 is 0 Å². The molecule has 0 nitrogen and oxygen atoms in total. The van der Waals surface area contributed by atoms with Gasteiger partial charge in [-0.25, -0.2) is 0 Å². The second-order valence-electron chi connectivity index (χ2n) is 5.21. The molecule has 0 saturated heterocycles. The number of hydrogen-bond acceptors (Lipinski definition) is 1. The molecule has 1 heteroatoms. The molecule has 0 aliphatic rings. The van der Waals surface area contributed by atoms with E-state index in [1.165, 1.54) is 38.5 Å². The van der Waals surface area contributed by atoms with E-state index in [9.17, 15) is 0 Å². The van der Waals surface area contributed by atoms with Crippen molar-refractivity contribution in [3.8, 4) is 0 Å². The smallest absolute Gasteiger partial charge is 0.0134 e. The maximum absolute atomic E-state index is 2.45. The largest absolute Gasteiger partial charge is 0.149 e. The molecule has 0 aliphatic heterocycles. The fourth-order valence-corrected chi connectivity index (χ4v) is 4.34. The fraction of sp³-hybridized carbons (Fsp3) is 1.00. The Morgan fingerprint density at radius 2 is 1.07 bits per heavy atom. The maximum Gasteiger partial charge on any atom is 0.0134 e. The molecule has 0 N–H and O–H groups in total. The molecule has 15 heavy (non-hydrogen) atoms. The topological polar surface area (TPSA) is 0 Å². The monoisotopic (exact) mass is 230 g/mol. The van der Waals surface area contributed by atoms with Crippen LogP contribution >= 0.6 is 11.8 Å². The third-order valence-corrected chi connectivity index (χ3v) is 5.52. The average molecular weight is 230 g/mol. The standard InChI is InChI=1S/C14H30S/c1-7-11-13(5,9-3)15-14(6,10-4)12-8-2/h7-12H2,1-6H3. The summed E-state index contributed by atoms with van der Waals surface area (Å²) < 4.78 is 0.989. The van der Waals surface area contributed by atoms with Gasteiger partial charge in [-0.05, 0) is 25.7 Å². The molecule has 0 fully saturated rings. The van der Waals surface area contributed by atoms with E-state index in [2.05, 4.69) is 53.3 Å². The molecule has 2 unspecified atom stereocenters. The molecule has 0 aromatic rings. The Kier molecular flexibility index (Phi) is 6.99. The second-order valence-corrected chi connectivity index (χ2v) is 7.38. The normalized spacial score (nSPS) is 19.6. The van der Waals surface area contributed by atoms with Gasteiger partial charge in [0, 0.05) is 9.49 Å². The van der Waals surface area contributed by atoms with Crippen molar-refractivity contribution in [1.82, 2.24) is 0 Å². The van der Waals surface area contributed by atoms with E-state index in [4.69, 9.17) is 0 Å². The van der Waals surface area contributed by atoms with Crippen LogP contribution in [0.15, 0.2) is 0 Å². The van der Waals surface area contributed by atoms with Crippen molar-refractivity contribution in [2.45, 2.75) is 89.6 Å². The van der Waals surface area contributed by atoms with Crippen molar-refractivity contribution in [1.29, 1.82) is 0 Å². The molecule has 0 rings (SSSR count). The van der Waals surface area contributed by atoms with Crippen LogP contribution in [0.25, 0.3) is 0 Å². The molecule has 0 saturated carbocycles. The zero-order valence-electron chi connectivity index (χ0n) is 11.7. The van der Waals surface area contributed by atoms with E-state index >= 15 is 0 Å². The molecule has 0 spiro atoms. The second kappa shape index (κ2) is 6.83. The van der Waals surface area contributed by atoms with Crippen molar-refractivity contribution in [3.05, 3.63) is 0 Å². The lowest BCUT2D eigenvalue weighted by atomic mass is 10.0. The zero-order chi connectivity index (χ0) is 11.9. The van der Waals surface area contributed by atoms with E-state index in [1.54, 1.807) is 0 Å². The summed E-state index contributed by atoms with van der Waals surface area (Å²) in [7, 11) is 0. The Balaban J connectivity index is 4.47. The Hall–Kier alpha value is 0.350. The minimum Gasteiger partial charge on any atom is -0.149 e. The number of thioether (sulfide) groups is 1. The van der Waals surface area contributed by atoms with Crippen molar-refractivity contribution in [2.24, 2.45) is 0 Å². The van der Waals surface area contributed by atoms with Crippen molar-refractivity contribution in [3.63, 3.8) is 0 Å². The molecule has 2 atom stereocenters. The molecule has 0 aromatic heterocycles. The van der Waals surface area contributed by atoms with Crippen LogP contribution in [0, 0.1) is 0 Å². The lowest BCUT2D eigenvalue weighted by Crippen LogP contribution is -2.30. The van der Waals surface area contributed by atoms with Gasteiger partial charge >= 0.3 is 0 Å². The highest BCUT2D eigenvalue weighted by atomic mass is 32.2. The van der Waals surface area contributed by atoms with Crippen molar-refractivity contribution < 1.29 is 0 Å². The maximum atomic E-state index is 2.45. The summed E-state index contributed by atoms with van der Waals surface area (Å²) in [5.41, 5.74) is 0. The van der Waals surface area contributed by atoms with Crippen LogP contribution in [0.4, 0.5) is 0 Å². The third-order valence-electron chi connectivity index (χ3n) is 3.55. The number of hydrogen-bond donors (Lipinski definition) is 0. The summed E-state index contributed by atoms with van der Waals surface area (Å²) in [4.78, 5) is 0. The van der Waals surface area contributed by atoms with E-state index in [0.717, 1.165) is 0 Å². The molecular formula is C14H30S. The van der Waals surface area contributed by atoms with Crippen LogP contribution in [0.5, 0.6) is 0 Å². The predicted octanol–water partition coefficient (Wildman–Crippen LogP) is 5.66. The van der Waals surface area contributed by atoms with E-state index in [0.29, 0.717) is 9.49 Å². The predicted molar refractivity (Wildman–Crippen MR) is 74.8 cm³/mol. The zero-order valence-corrected chi connectivity index (χ0v) is 12.5. The molecule has 0 aliphatic carbocycles. The highest BCUT2D eigenvalue weighted by molar-refractivity contribution is 8.01. The van der Waals surface area contributed by atoms with Crippen LogP contribution < -0.4 is 0 Å². The average Bonchev–Trinajstić information content (AvgIpc) is 2.18. The van der Waals surface area contributed by atoms with Crippen LogP contribution in [0.3, 0.4) is 0 Å². The molecule has 92 valence electrons. The van der Waals surface area contributed by atoms with Gasteiger partial charge in [-0.3, -0.25) is 0 Å². The van der Waals surface area contributed by atoms with Crippen molar-refractivity contribution >= 4 is 11.8 Å². The molecule has 0 aromatic carbocycles. The summed E-state index contributed by atoms with van der Waals surface area (Å²) in [5, 5.41) is 0. The molecule has 0 bridgehead atoms. The van der Waals surface area contributed by atoms with Gasteiger partial charge in [0.25, 0.3) is 0 Å².